The van der Waals surface area contributed by atoms with Gasteiger partial charge >= 0.3 is 0 Å². The Labute approximate surface area is 72.5 Å². The highest BCUT2D eigenvalue weighted by Crippen LogP contribution is 2.11. The molecule has 0 amide bonds. The zero-order chi connectivity index (χ0) is 9.03. The van der Waals surface area contributed by atoms with Gasteiger partial charge in [0.1, 0.15) is 0 Å². The molecule has 0 aromatic heterocycles. The lowest BCUT2D eigenvalue weighted by Crippen LogP contribution is -2.31. The Morgan fingerprint density at radius 1 is 1.25 bits per heavy atom. The van der Waals surface area contributed by atoms with Crippen LogP contribution in [0.4, 0.5) is 0 Å². The standard InChI is InChI=1S/C10H14O2/c1-10(12,8-11)7-9-5-3-2-4-6-9/h2-6,11-12H,7-8H2,1H3/t10-/m0/s1. The molecule has 2 nitrogen and oxygen atoms in total. The summed E-state index contributed by atoms with van der Waals surface area (Å²) in [6.45, 7) is 1.42. The van der Waals surface area contributed by atoms with E-state index in [0.29, 0.717) is 6.42 Å². The summed E-state index contributed by atoms with van der Waals surface area (Å²) in [5, 5.41) is 18.3. The quantitative estimate of drug-likeness (QED) is 0.702. The first-order chi connectivity index (χ1) is 5.64. The molecule has 0 bridgehead atoms. The molecule has 12 heavy (non-hydrogen) atoms. The van der Waals surface area contributed by atoms with Gasteiger partial charge in [-0.15, -0.1) is 0 Å². The van der Waals surface area contributed by atoms with Crippen molar-refractivity contribution in [2.24, 2.45) is 0 Å². The fourth-order valence-electron chi connectivity index (χ4n) is 1.09. The van der Waals surface area contributed by atoms with Crippen LogP contribution in [0.3, 0.4) is 0 Å². The maximum absolute atomic E-state index is 9.53. The molecule has 2 heteroatoms. The number of hydrogen-bond acceptors (Lipinski definition) is 2. The van der Waals surface area contributed by atoms with Crippen molar-refractivity contribution < 1.29 is 10.2 Å². The normalized spacial score (nSPS) is 15.6. The smallest absolute Gasteiger partial charge is 0.0889 e. The highest BCUT2D eigenvalue weighted by Gasteiger charge is 2.18. The molecule has 0 radical (unpaired) electrons. The van der Waals surface area contributed by atoms with E-state index in [0.717, 1.165) is 5.56 Å². The third-order valence-electron chi connectivity index (χ3n) is 1.77. The minimum Gasteiger partial charge on any atom is -0.393 e. The Kier molecular flexibility index (Phi) is 2.84. The van der Waals surface area contributed by atoms with Crippen molar-refractivity contribution in [1.82, 2.24) is 0 Å². The molecule has 0 heterocycles. The summed E-state index contributed by atoms with van der Waals surface area (Å²) in [6.07, 6.45) is 0.490. The molecule has 0 aliphatic carbocycles. The van der Waals surface area contributed by atoms with Crippen molar-refractivity contribution >= 4 is 0 Å². The van der Waals surface area contributed by atoms with Crippen LogP contribution in [0.1, 0.15) is 12.5 Å². The zero-order valence-corrected chi connectivity index (χ0v) is 7.20. The van der Waals surface area contributed by atoms with E-state index < -0.39 is 5.60 Å². The van der Waals surface area contributed by atoms with Gasteiger partial charge in [-0.25, -0.2) is 0 Å². The summed E-state index contributed by atoms with van der Waals surface area (Å²) < 4.78 is 0. The number of benzene rings is 1. The summed E-state index contributed by atoms with van der Waals surface area (Å²) in [4.78, 5) is 0. The number of aliphatic hydroxyl groups excluding tert-OH is 1. The maximum Gasteiger partial charge on any atom is 0.0889 e. The lowest BCUT2D eigenvalue weighted by Gasteiger charge is -2.19. The minimum absolute atomic E-state index is 0.206. The van der Waals surface area contributed by atoms with Gasteiger partial charge in [-0.05, 0) is 12.5 Å². The third-order valence-corrected chi connectivity index (χ3v) is 1.77. The van der Waals surface area contributed by atoms with Crippen LogP contribution < -0.4 is 0 Å². The van der Waals surface area contributed by atoms with Crippen LogP contribution in [-0.2, 0) is 6.42 Å². The minimum atomic E-state index is -0.999. The molecule has 1 aromatic carbocycles. The van der Waals surface area contributed by atoms with E-state index >= 15 is 0 Å². The number of rotatable bonds is 3. The Morgan fingerprint density at radius 3 is 2.33 bits per heavy atom. The average molecular weight is 166 g/mol. The highest BCUT2D eigenvalue weighted by atomic mass is 16.3. The molecule has 0 unspecified atom stereocenters. The Hall–Kier alpha value is -0.860. The van der Waals surface area contributed by atoms with Crippen molar-refractivity contribution in [2.45, 2.75) is 18.9 Å². The molecular formula is C10H14O2. The predicted molar refractivity (Wildman–Crippen MR) is 47.9 cm³/mol. The summed E-state index contributed by atoms with van der Waals surface area (Å²) in [7, 11) is 0. The van der Waals surface area contributed by atoms with Crippen LogP contribution in [-0.4, -0.2) is 22.4 Å². The first-order valence-electron chi connectivity index (χ1n) is 4.01. The molecule has 2 N–H and O–H groups in total. The molecule has 66 valence electrons. The van der Waals surface area contributed by atoms with E-state index in [4.69, 9.17) is 5.11 Å². The molecular weight excluding hydrogens is 152 g/mol. The lowest BCUT2D eigenvalue weighted by molar-refractivity contribution is 0.00232. The fourth-order valence-corrected chi connectivity index (χ4v) is 1.09. The second kappa shape index (κ2) is 3.70. The summed E-state index contributed by atoms with van der Waals surface area (Å²) >= 11 is 0. The van der Waals surface area contributed by atoms with Crippen molar-refractivity contribution in [1.29, 1.82) is 0 Å². The first kappa shape index (κ1) is 9.23. The molecule has 1 aromatic rings. The van der Waals surface area contributed by atoms with Gasteiger partial charge in [0, 0.05) is 6.42 Å². The van der Waals surface area contributed by atoms with E-state index in [1.807, 2.05) is 30.3 Å². The van der Waals surface area contributed by atoms with Gasteiger partial charge in [-0.1, -0.05) is 30.3 Å². The van der Waals surface area contributed by atoms with Crippen molar-refractivity contribution in [3.05, 3.63) is 35.9 Å². The average Bonchev–Trinajstić information content (AvgIpc) is 2.06. The van der Waals surface area contributed by atoms with Gasteiger partial charge in [0.05, 0.1) is 12.2 Å². The second-order valence-corrected chi connectivity index (χ2v) is 3.32. The summed E-state index contributed by atoms with van der Waals surface area (Å²) in [5.41, 5.74) is 0.0398. The first-order valence-corrected chi connectivity index (χ1v) is 4.01. The Morgan fingerprint density at radius 2 is 1.83 bits per heavy atom. The van der Waals surface area contributed by atoms with Crippen LogP contribution in [0.15, 0.2) is 30.3 Å². The predicted octanol–water partition coefficient (Wildman–Crippen LogP) is 0.972. The third kappa shape index (κ3) is 2.64. The van der Waals surface area contributed by atoms with Crippen molar-refractivity contribution in [3.63, 3.8) is 0 Å². The highest BCUT2D eigenvalue weighted by molar-refractivity contribution is 5.16. The molecule has 0 saturated heterocycles. The lowest BCUT2D eigenvalue weighted by atomic mass is 9.98. The SMILES string of the molecule is C[C@@](O)(CO)Cc1ccccc1. The van der Waals surface area contributed by atoms with Gasteiger partial charge in [0.2, 0.25) is 0 Å². The molecule has 0 aliphatic rings. The summed E-state index contributed by atoms with van der Waals surface area (Å²) in [6, 6.07) is 9.64. The van der Waals surface area contributed by atoms with Gasteiger partial charge < -0.3 is 10.2 Å². The van der Waals surface area contributed by atoms with Crippen molar-refractivity contribution in [3.8, 4) is 0 Å². The van der Waals surface area contributed by atoms with E-state index in [1.165, 1.54) is 0 Å². The fraction of sp³-hybridized carbons (Fsp3) is 0.400. The number of aliphatic hydroxyl groups is 2. The van der Waals surface area contributed by atoms with Gasteiger partial charge in [0.15, 0.2) is 0 Å². The van der Waals surface area contributed by atoms with E-state index in [-0.39, 0.29) is 6.61 Å². The van der Waals surface area contributed by atoms with Gasteiger partial charge in [-0.2, -0.15) is 0 Å². The molecule has 1 atom stereocenters. The van der Waals surface area contributed by atoms with E-state index in [2.05, 4.69) is 0 Å². The Balaban J connectivity index is 2.64. The topological polar surface area (TPSA) is 40.5 Å². The molecule has 0 saturated carbocycles. The zero-order valence-electron chi connectivity index (χ0n) is 7.20. The van der Waals surface area contributed by atoms with E-state index in [1.54, 1.807) is 6.92 Å². The van der Waals surface area contributed by atoms with Crippen LogP contribution in [0.25, 0.3) is 0 Å². The van der Waals surface area contributed by atoms with Gasteiger partial charge in [0.25, 0.3) is 0 Å². The summed E-state index contributed by atoms with van der Waals surface area (Å²) in [5.74, 6) is 0. The van der Waals surface area contributed by atoms with Crippen LogP contribution in [0.2, 0.25) is 0 Å². The van der Waals surface area contributed by atoms with Crippen LogP contribution in [0.5, 0.6) is 0 Å². The van der Waals surface area contributed by atoms with E-state index in [9.17, 15) is 5.11 Å². The Bertz CT molecular complexity index is 229. The molecule has 0 fully saturated rings. The second-order valence-electron chi connectivity index (χ2n) is 3.32. The monoisotopic (exact) mass is 166 g/mol. The largest absolute Gasteiger partial charge is 0.393 e. The molecule has 0 aliphatic heterocycles. The molecule has 1 rings (SSSR count). The van der Waals surface area contributed by atoms with Gasteiger partial charge in [-0.3, -0.25) is 0 Å². The maximum atomic E-state index is 9.53. The molecule has 0 spiro atoms. The number of hydrogen-bond donors (Lipinski definition) is 2. The van der Waals surface area contributed by atoms with Crippen LogP contribution >= 0.6 is 0 Å². The van der Waals surface area contributed by atoms with Crippen molar-refractivity contribution in [2.75, 3.05) is 6.61 Å². The van der Waals surface area contributed by atoms with Crippen LogP contribution in [0, 0.1) is 0 Å².